The van der Waals surface area contributed by atoms with Crippen LogP contribution in [0.15, 0.2) is 42.2 Å². The predicted octanol–water partition coefficient (Wildman–Crippen LogP) is 4.45. The van der Waals surface area contributed by atoms with Crippen molar-refractivity contribution in [2.45, 2.75) is 37.7 Å². The molecule has 0 bridgehead atoms. The van der Waals surface area contributed by atoms with Crippen LogP contribution in [0.25, 0.3) is 0 Å². The van der Waals surface area contributed by atoms with Crippen molar-refractivity contribution in [3.63, 3.8) is 0 Å². The van der Waals surface area contributed by atoms with Crippen LogP contribution in [-0.4, -0.2) is 20.3 Å². The molecule has 1 aromatic carbocycles. The number of benzene rings is 1. The van der Waals surface area contributed by atoms with Gasteiger partial charge in [0.15, 0.2) is 0 Å². The molecule has 2 aliphatic carbocycles. The van der Waals surface area contributed by atoms with Gasteiger partial charge in [-0.05, 0) is 55.5 Å². The lowest BCUT2D eigenvalue weighted by Gasteiger charge is -2.40. The smallest absolute Gasteiger partial charge is 0.123 e. The second-order valence-corrected chi connectivity index (χ2v) is 6.76. The van der Waals surface area contributed by atoms with Crippen molar-refractivity contribution in [2.75, 3.05) is 14.2 Å². The minimum absolute atomic E-state index is 0.273. The van der Waals surface area contributed by atoms with Gasteiger partial charge in [0.1, 0.15) is 23.4 Å². The van der Waals surface area contributed by atoms with Crippen molar-refractivity contribution in [2.24, 2.45) is 11.8 Å². The minimum atomic E-state index is 0.273. The van der Waals surface area contributed by atoms with E-state index in [-0.39, 0.29) is 6.10 Å². The highest BCUT2D eigenvalue weighted by atomic mass is 16.5. The number of methoxy groups -OCH3 is 2. The van der Waals surface area contributed by atoms with E-state index in [4.69, 9.17) is 14.2 Å². The highest BCUT2D eigenvalue weighted by Gasteiger charge is 2.44. The van der Waals surface area contributed by atoms with Gasteiger partial charge in [-0.25, -0.2) is 0 Å². The van der Waals surface area contributed by atoms with Crippen LogP contribution in [0.5, 0.6) is 11.5 Å². The lowest BCUT2D eigenvalue weighted by Crippen LogP contribution is -2.39. The molecular weight excluding hydrogens is 288 g/mol. The molecule has 1 saturated carbocycles. The third-order valence-electron chi connectivity index (χ3n) is 5.63. The largest absolute Gasteiger partial charge is 0.497 e. The van der Waals surface area contributed by atoms with Crippen LogP contribution in [-0.2, 0) is 4.74 Å². The maximum absolute atomic E-state index is 6.48. The standard InChI is InChI=1S/C20H24O3/c1-21-14-8-6-13(7-9-14)20-17-5-3-4-16(17)18-12-15(22-2)10-11-19(18)23-20/h6,8-13,16-17,20H,3-5,7H2,1-2H3/t13?,16-,17+,20-/m0/s1. The molecule has 122 valence electrons. The first-order valence-corrected chi connectivity index (χ1v) is 8.57. The van der Waals surface area contributed by atoms with Crippen LogP contribution in [0.2, 0.25) is 0 Å². The van der Waals surface area contributed by atoms with E-state index in [1.807, 2.05) is 6.07 Å². The monoisotopic (exact) mass is 312 g/mol. The summed E-state index contributed by atoms with van der Waals surface area (Å²) in [5.41, 5.74) is 1.34. The first-order chi connectivity index (χ1) is 11.3. The molecule has 4 atom stereocenters. The van der Waals surface area contributed by atoms with Crippen molar-refractivity contribution in [1.82, 2.24) is 0 Å². The van der Waals surface area contributed by atoms with Gasteiger partial charge in [0.2, 0.25) is 0 Å². The molecule has 0 radical (unpaired) electrons. The highest BCUT2D eigenvalue weighted by Crippen LogP contribution is 2.52. The van der Waals surface area contributed by atoms with Crippen LogP contribution in [0.3, 0.4) is 0 Å². The van der Waals surface area contributed by atoms with Gasteiger partial charge in [-0.2, -0.15) is 0 Å². The van der Waals surface area contributed by atoms with Crippen LogP contribution in [0.4, 0.5) is 0 Å². The number of ether oxygens (including phenoxy) is 3. The Hall–Kier alpha value is -1.90. The Kier molecular flexibility index (Phi) is 3.80. The van der Waals surface area contributed by atoms with Gasteiger partial charge in [-0.15, -0.1) is 0 Å². The Morgan fingerprint density at radius 1 is 1.13 bits per heavy atom. The van der Waals surface area contributed by atoms with Gasteiger partial charge >= 0.3 is 0 Å². The molecule has 1 heterocycles. The van der Waals surface area contributed by atoms with Crippen molar-refractivity contribution in [3.05, 3.63) is 47.7 Å². The Balaban J connectivity index is 1.63. The Morgan fingerprint density at radius 3 is 2.78 bits per heavy atom. The second-order valence-electron chi connectivity index (χ2n) is 6.76. The van der Waals surface area contributed by atoms with E-state index < -0.39 is 0 Å². The van der Waals surface area contributed by atoms with Crippen LogP contribution < -0.4 is 9.47 Å². The quantitative estimate of drug-likeness (QED) is 0.825. The zero-order valence-corrected chi connectivity index (χ0v) is 13.8. The predicted molar refractivity (Wildman–Crippen MR) is 89.8 cm³/mol. The van der Waals surface area contributed by atoms with Gasteiger partial charge < -0.3 is 14.2 Å². The third kappa shape index (κ3) is 2.52. The number of rotatable bonds is 3. The fourth-order valence-electron chi connectivity index (χ4n) is 4.47. The first kappa shape index (κ1) is 14.7. The van der Waals surface area contributed by atoms with Gasteiger partial charge in [0.25, 0.3) is 0 Å². The summed E-state index contributed by atoms with van der Waals surface area (Å²) in [5, 5.41) is 0. The first-order valence-electron chi connectivity index (χ1n) is 8.57. The van der Waals surface area contributed by atoms with E-state index in [1.54, 1.807) is 14.2 Å². The molecule has 1 fully saturated rings. The molecule has 0 saturated heterocycles. The van der Waals surface area contributed by atoms with Crippen molar-refractivity contribution < 1.29 is 14.2 Å². The highest BCUT2D eigenvalue weighted by molar-refractivity contribution is 5.45. The summed E-state index contributed by atoms with van der Waals surface area (Å²) in [4.78, 5) is 0. The van der Waals surface area contributed by atoms with Crippen molar-refractivity contribution >= 4 is 0 Å². The zero-order valence-electron chi connectivity index (χ0n) is 13.8. The van der Waals surface area contributed by atoms with E-state index in [0.717, 1.165) is 23.7 Å². The lowest BCUT2D eigenvalue weighted by molar-refractivity contribution is 0.0674. The second kappa shape index (κ2) is 5.95. The fourth-order valence-corrected chi connectivity index (χ4v) is 4.47. The molecule has 4 rings (SSSR count). The van der Waals surface area contributed by atoms with E-state index in [9.17, 15) is 0 Å². The summed E-state index contributed by atoms with van der Waals surface area (Å²) in [6.07, 6.45) is 11.6. The molecular formula is C20H24O3. The maximum atomic E-state index is 6.48. The summed E-state index contributed by atoms with van der Waals surface area (Å²) in [6.45, 7) is 0. The average molecular weight is 312 g/mol. The Labute approximate surface area is 137 Å². The number of allylic oxidation sites excluding steroid dienone is 2. The minimum Gasteiger partial charge on any atom is -0.497 e. The van der Waals surface area contributed by atoms with Crippen LogP contribution in [0.1, 0.15) is 37.2 Å². The Morgan fingerprint density at radius 2 is 2.04 bits per heavy atom. The van der Waals surface area contributed by atoms with E-state index >= 15 is 0 Å². The molecule has 0 N–H and O–H groups in total. The van der Waals surface area contributed by atoms with Crippen molar-refractivity contribution in [1.29, 1.82) is 0 Å². The summed E-state index contributed by atoms with van der Waals surface area (Å²) in [6, 6.07) is 6.26. The summed E-state index contributed by atoms with van der Waals surface area (Å²) < 4.78 is 17.2. The number of hydrogen-bond donors (Lipinski definition) is 0. The van der Waals surface area contributed by atoms with E-state index in [2.05, 4.69) is 30.4 Å². The van der Waals surface area contributed by atoms with Crippen LogP contribution >= 0.6 is 0 Å². The van der Waals surface area contributed by atoms with Gasteiger partial charge in [-0.1, -0.05) is 12.5 Å². The van der Waals surface area contributed by atoms with Gasteiger partial charge in [-0.3, -0.25) is 0 Å². The molecule has 1 unspecified atom stereocenters. The maximum Gasteiger partial charge on any atom is 0.123 e. The normalized spacial score (nSPS) is 31.7. The lowest BCUT2D eigenvalue weighted by atomic mass is 9.76. The van der Waals surface area contributed by atoms with Gasteiger partial charge in [0.05, 0.1) is 14.2 Å². The van der Waals surface area contributed by atoms with Gasteiger partial charge in [0, 0.05) is 17.4 Å². The SMILES string of the molecule is COC1=CCC([C@@H]2Oc3ccc(OC)cc3[C@H]3CCC[C@H]32)C=C1. The topological polar surface area (TPSA) is 27.7 Å². The number of hydrogen-bond acceptors (Lipinski definition) is 3. The molecule has 1 aliphatic heterocycles. The molecule has 23 heavy (non-hydrogen) atoms. The molecule has 0 amide bonds. The molecule has 3 nitrogen and oxygen atoms in total. The molecule has 0 spiro atoms. The molecule has 1 aromatic rings. The van der Waals surface area contributed by atoms with Crippen molar-refractivity contribution in [3.8, 4) is 11.5 Å². The summed E-state index contributed by atoms with van der Waals surface area (Å²) >= 11 is 0. The summed E-state index contributed by atoms with van der Waals surface area (Å²) in [7, 11) is 3.46. The zero-order chi connectivity index (χ0) is 15.8. The number of fused-ring (bicyclic) bond motifs is 3. The Bertz CT molecular complexity index is 646. The van der Waals surface area contributed by atoms with E-state index in [1.165, 1.54) is 24.8 Å². The third-order valence-corrected chi connectivity index (χ3v) is 5.63. The van der Waals surface area contributed by atoms with Crippen LogP contribution in [0, 0.1) is 11.8 Å². The summed E-state index contributed by atoms with van der Waals surface area (Å²) in [5.74, 6) is 4.61. The molecule has 3 heteroatoms. The fraction of sp³-hybridized carbons (Fsp3) is 0.500. The average Bonchev–Trinajstić information content (AvgIpc) is 3.11. The molecule has 3 aliphatic rings. The molecule has 0 aromatic heterocycles. The van der Waals surface area contributed by atoms with E-state index in [0.29, 0.717) is 17.8 Å².